The number of carbonyl (C=O) groups excluding carboxylic acids is 1. The first-order chi connectivity index (χ1) is 27.2. The smallest absolute Gasteiger partial charge is 0.306 e. The molecule has 0 aromatic heterocycles. The van der Waals surface area contributed by atoms with Crippen LogP contribution in [0.15, 0.2) is 0 Å². The van der Waals surface area contributed by atoms with E-state index in [2.05, 4.69) is 26.5 Å². The number of hydrogen-bond acceptors (Lipinski definition) is 9. The van der Waals surface area contributed by atoms with Crippen molar-refractivity contribution in [1.29, 1.82) is 0 Å². The number of esters is 1. The predicted octanol–water partition coefficient (Wildman–Crippen LogP) is 12.3. The Labute approximate surface area is 346 Å². The second-order valence-electron chi connectivity index (χ2n) is 15.4. The van der Waals surface area contributed by atoms with Crippen LogP contribution in [0.5, 0.6) is 0 Å². The number of carbonyl (C=O) groups is 1. The van der Waals surface area contributed by atoms with Gasteiger partial charge in [0.15, 0.2) is 0 Å². The summed E-state index contributed by atoms with van der Waals surface area (Å²) in [4.78, 5) is 11.3. The van der Waals surface area contributed by atoms with E-state index < -0.39 is 0 Å². The van der Waals surface area contributed by atoms with Crippen LogP contribution in [0.2, 0.25) is 0 Å². The monoisotopic (exact) mass is 805 g/mol. The van der Waals surface area contributed by atoms with E-state index in [9.17, 15) is 4.79 Å². The van der Waals surface area contributed by atoms with E-state index >= 15 is 0 Å². The average molecular weight is 805 g/mol. The highest BCUT2D eigenvalue weighted by atomic mass is 32.1. The molecule has 55 heavy (non-hydrogen) atoms. The quantitative estimate of drug-likeness (QED) is 0.0370. The summed E-state index contributed by atoms with van der Waals surface area (Å²) in [6.45, 7) is 10.9. The Morgan fingerprint density at radius 3 is 1.07 bits per heavy atom. The molecule has 0 aromatic rings. The van der Waals surface area contributed by atoms with Crippen LogP contribution in [0.3, 0.4) is 0 Å². The third-order valence-electron chi connectivity index (χ3n) is 10.0. The van der Waals surface area contributed by atoms with E-state index in [1.165, 1.54) is 167 Å². The molecule has 0 spiro atoms. The van der Waals surface area contributed by atoms with Gasteiger partial charge in [0, 0.05) is 19.0 Å². The highest BCUT2D eigenvalue weighted by Gasteiger charge is 2.10. The fraction of sp³-hybridized carbons (Fsp3) is 0.978. The number of unbranched alkanes of at least 4 members (excludes halogenated alkanes) is 26. The fourth-order valence-corrected chi connectivity index (χ4v) is 6.74. The Hall–Kier alpha value is -0.420. The number of rotatable bonds is 49. The van der Waals surface area contributed by atoms with Crippen molar-refractivity contribution in [2.75, 3.05) is 85.0 Å². The zero-order valence-electron chi connectivity index (χ0n) is 36.5. The third-order valence-corrected chi connectivity index (χ3v) is 10.2. The second-order valence-corrected chi connectivity index (χ2v) is 15.8. The summed E-state index contributed by atoms with van der Waals surface area (Å²) in [5.74, 6) is 0.244. The summed E-state index contributed by atoms with van der Waals surface area (Å²) in [7, 11) is 0. The molecule has 0 aliphatic rings. The van der Waals surface area contributed by atoms with Crippen LogP contribution in [0, 0.1) is 0 Å². The van der Waals surface area contributed by atoms with Gasteiger partial charge in [-0.15, -0.1) is 0 Å². The minimum Gasteiger partial charge on any atom is -0.463 e. The van der Waals surface area contributed by atoms with Crippen molar-refractivity contribution in [2.45, 2.75) is 206 Å². The molecule has 0 rings (SSSR count). The molecule has 0 bridgehead atoms. The van der Waals surface area contributed by atoms with Gasteiger partial charge < -0.3 is 33.2 Å². The lowest BCUT2D eigenvalue weighted by atomic mass is 10.0. The summed E-state index contributed by atoms with van der Waals surface area (Å²) in [5, 5.41) is 0. The summed E-state index contributed by atoms with van der Waals surface area (Å²) in [6, 6.07) is 0. The molecule has 9 heteroatoms. The maximum absolute atomic E-state index is 11.3. The summed E-state index contributed by atoms with van der Waals surface area (Å²) >= 11 is 4.01. The van der Waals surface area contributed by atoms with Gasteiger partial charge in [-0.05, 0) is 12.8 Å². The average Bonchev–Trinajstić information content (AvgIpc) is 3.19. The zero-order chi connectivity index (χ0) is 39.8. The van der Waals surface area contributed by atoms with Gasteiger partial charge in [-0.25, -0.2) is 0 Å². The highest BCUT2D eigenvalue weighted by Crippen LogP contribution is 2.15. The Bertz CT molecular complexity index is 715. The van der Waals surface area contributed by atoms with E-state index in [0.29, 0.717) is 71.6 Å². The number of hydrogen-bond donors (Lipinski definition) is 1. The second kappa shape index (κ2) is 49.7. The highest BCUT2D eigenvalue weighted by molar-refractivity contribution is 7.80. The van der Waals surface area contributed by atoms with E-state index in [1.54, 1.807) is 0 Å². The van der Waals surface area contributed by atoms with Gasteiger partial charge in [0.1, 0.15) is 12.7 Å². The maximum Gasteiger partial charge on any atom is 0.306 e. The van der Waals surface area contributed by atoms with Crippen molar-refractivity contribution in [3.8, 4) is 0 Å². The molecule has 0 amide bonds. The van der Waals surface area contributed by atoms with Gasteiger partial charge in [0.25, 0.3) is 0 Å². The standard InChI is InChI=1S/C46H92O8S/c1-3-5-7-9-11-13-15-17-19-21-23-25-27-29-32-51-43-45(53-33-30-28-26-24-22-20-18-16-14-12-10-8-6-4-2)44-52-39-38-49-35-34-48-36-37-50-40-41-54-46(47)31-42-55/h45,55H,3-44H2,1-2H3. The van der Waals surface area contributed by atoms with Crippen LogP contribution in [0.4, 0.5) is 0 Å². The van der Waals surface area contributed by atoms with Gasteiger partial charge in [0.05, 0.1) is 65.9 Å². The van der Waals surface area contributed by atoms with Crippen LogP contribution in [0.1, 0.15) is 200 Å². The van der Waals surface area contributed by atoms with Crippen molar-refractivity contribution in [3.63, 3.8) is 0 Å². The minimum atomic E-state index is -0.247. The van der Waals surface area contributed by atoms with Crippen LogP contribution in [0.25, 0.3) is 0 Å². The number of ether oxygens (including phenoxy) is 7. The van der Waals surface area contributed by atoms with Gasteiger partial charge in [-0.2, -0.15) is 12.6 Å². The topological polar surface area (TPSA) is 81.7 Å². The Kier molecular flexibility index (Phi) is 49.3. The summed E-state index contributed by atoms with van der Waals surface area (Å²) in [6.07, 6.45) is 38.4. The largest absolute Gasteiger partial charge is 0.463 e. The molecule has 8 nitrogen and oxygen atoms in total. The molecular weight excluding hydrogens is 713 g/mol. The van der Waals surface area contributed by atoms with Crippen LogP contribution in [-0.4, -0.2) is 97.1 Å². The predicted molar refractivity (Wildman–Crippen MR) is 234 cm³/mol. The van der Waals surface area contributed by atoms with Gasteiger partial charge >= 0.3 is 5.97 Å². The molecular formula is C46H92O8S. The van der Waals surface area contributed by atoms with Crippen LogP contribution >= 0.6 is 12.6 Å². The van der Waals surface area contributed by atoms with Gasteiger partial charge in [0.2, 0.25) is 0 Å². The first-order valence-electron chi connectivity index (χ1n) is 23.5. The van der Waals surface area contributed by atoms with Crippen molar-refractivity contribution in [3.05, 3.63) is 0 Å². The Balaban J connectivity index is 3.97. The minimum absolute atomic E-state index is 0.0385. The molecule has 0 fully saturated rings. The fourth-order valence-electron chi connectivity index (χ4n) is 6.56. The molecule has 0 aliphatic heterocycles. The lowest BCUT2D eigenvalue weighted by Gasteiger charge is -2.18. The number of thiol groups is 1. The van der Waals surface area contributed by atoms with Gasteiger partial charge in [-0.3, -0.25) is 4.79 Å². The summed E-state index contributed by atoms with van der Waals surface area (Å²) < 4.78 is 39.9. The first-order valence-corrected chi connectivity index (χ1v) is 24.1. The van der Waals surface area contributed by atoms with Crippen molar-refractivity contribution in [2.24, 2.45) is 0 Å². The summed E-state index contributed by atoms with van der Waals surface area (Å²) in [5.41, 5.74) is 0. The van der Waals surface area contributed by atoms with Crippen molar-refractivity contribution >= 4 is 18.6 Å². The Morgan fingerprint density at radius 2 is 0.691 bits per heavy atom. The van der Waals surface area contributed by atoms with E-state index in [-0.39, 0.29) is 18.7 Å². The zero-order valence-corrected chi connectivity index (χ0v) is 37.4. The molecule has 1 unspecified atom stereocenters. The third kappa shape index (κ3) is 47.9. The normalized spacial score (nSPS) is 12.1. The molecule has 0 saturated carbocycles. The molecule has 0 aromatic carbocycles. The van der Waals surface area contributed by atoms with Gasteiger partial charge in [-0.1, -0.05) is 181 Å². The van der Waals surface area contributed by atoms with Crippen molar-refractivity contribution in [1.82, 2.24) is 0 Å². The molecule has 0 N–H and O–H groups in total. The lowest BCUT2D eigenvalue weighted by molar-refractivity contribution is -0.144. The first kappa shape index (κ1) is 54.6. The molecule has 1 atom stereocenters. The SMILES string of the molecule is CCCCCCCCCCCCCCCCOCC(COCCOCCOCCOCCOC(=O)CCS)OCCCCCCCCCCCCCCCC. The van der Waals surface area contributed by atoms with E-state index in [0.717, 1.165) is 26.1 Å². The molecule has 0 saturated heterocycles. The van der Waals surface area contributed by atoms with Crippen LogP contribution in [-0.2, 0) is 38.0 Å². The Morgan fingerprint density at radius 1 is 0.382 bits per heavy atom. The molecule has 330 valence electrons. The lowest BCUT2D eigenvalue weighted by Crippen LogP contribution is -2.27. The molecule has 0 heterocycles. The maximum atomic E-state index is 11.3. The van der Waals surface area contributed by atoms with Crippen molar-refractivity contribution < 1.29 is 38.0 Å². The van der Waals surface area contributed by atoms with E-state index in [4.69, 9.17) is 33.2 Å². The van der Waals surface area contributed by atoms with Crippen LogP contribution < -0.4 is 0 Å². The molecule has 0 radical (unpaired) electrons. The molecule has 0 aliphatic carbocycles. The van der Waals surface area contributed by atoms with E-state index in [1.807, 2.05) is 0 Å².